The number of aliphatic hydroxyl groups is 1. The molecule has 0 saturated carbocycles. The first-order valence-electron chi connectivity index (χ1n) is 7.54. The molecule has 0 aromatic heterocycles. The van der Waals surface area contributed by atoms with Gasteiger partial charge in [0.1, 0.15) is 0 Å². The molecule has 1 aliphatic heterocycles. The number of hydrogen-bond acceptors (Lipinski definition) is 5. The van der Waals surface area contributed by atoms with Gasteiger partial charge in [0.25, 0.3) is 0 Å². The molecule has 1 amide bonds. The number of ether oxygens (including phenoxy) is 3. The van der Waals surface area contributed by atoms with Crippen LogP contribution in [0.1, 0.15) is 18.4 Å². The second-order valence-corrected chi connectivity index (χ2v) is 5.37. The first kappa shape index (κ1) is 17.1. The molecule has 0 radical (unpaired) electrons. The Balaban J connectivity index is 2.17. The number of aliphatic hydroxyl groups excluding tert-OH is 1. The zero-order chi connectivity index (χ0) is 16.8. The summed E-state index contributed by atoms with van der Waals surface area (Å²) in [5.41, 5.74) is 0.769. The highest BCUT2D eigenvalue weighted by Crippen LogP contribution is 2.38. The number of β-amino-alcohol motifs (C(OH)–C–C–N with tert-alkyl or cyclic N) is 1. The van der Waals surface area contributed by atoms with Crippen LogP contribution in [0.4, 0.5) is 0 Å². The average Bonchev–Trinajstić information content (AvgIpc) is 2.58. The molecule has 0 spiro atoms. The molecule has 1 atom stereocenters. The van der Waals surface area contributed by atoms with E-state index in [4.69, 9.17) is 14.2 Å². The summed E-state index contributed by atoms with van der Waals surface area (Å²) in [4.78, 5) is 13.8. The van der Waals surface area contributed by atoms with Crippen molar-refractivity contribution in [2.24, 2.45) is 0 Å². The topological polar surface area (TPSA) is 68.2 Å². The van der Waals surface area contributed by atoms with Crippen LogP contribution in [0.15, 0.2) is 18.2 Å². The Labute approximate surface area is 136 Å². The Hall–Kier alpha value is -2.21. The van der Waals surface area contributed by atoms with Crippen LogP contribution < -0.4 is 14.2 Å². The van der Waals surface area contributed by atoms with Gasteiger partial charge in [-0.05, 0) is 36.6 Å². The van der Waals surface area contributed by atoms with E-state index in [0.29, 0.717) is 30.3 Å². The van der Waals surface area contributed by atoms with Crippen LogP contribution in [0.3, 0.4) is 0 Å². The standard InChI is InChI=1S/C17H23NO5/c1-21-14-9-12(10-15(22-2)17(14)23-3)6-7-16(20)18-8-4-5-13(19)11-18/h6-7,9-10,13,19H,4-5,8,11H2,1-3H3. The molecule has 1 aromatic rings. The maximum Gasteiger partial charge on any atom is 0.246 e. The lowest BCUT2D eigenvalue weighted by atomic mass is 10.1. The zero-order valence-electron chi connectivity index (χ0n) is 13.7. The van der Waals surface area contributed by atoms with Crippen molar-refractivity contribution < 1.29 is 24.1 Å². The molecule has 1 aliphatic rings. The lowest BCUT2D eigenvalue weighted by molar-refractivity contribution is -0.128. The van der Waals surface area contributed by atoms with Gasteiger partial charge in [-0.2, -0.15) is 0 Å². The number of benzene rings is 1. The van der Waals surface area contributed by atoms with Gasteiger partial charge in [0.2, 0.25) is 11.7 Å². The summed E-state index contributed by atoms with van der Waals surface area (Å²) in [5.74, 6) is 1.47. The van der Waals surface area contributed by atoms with Crippen LogP contribution in [0.25, 0.3) is 6.08 Å². The lowest BCUT2D eigenvalue weighted by Crippen LogP contribution is -2.41. The van der Waals surface area contributed by atoms with Gasteiger partial charge in [-0.1, -0.05) is 0 Å². The summed E-state index contributed by atoms with van der Waals surface area (Å²) in [7, 11) is 4.64. The normalized spacial score (nSPS) is 18.1. The van der Waals surface area contributed by atoms with Crippen LogP contribution in [-0.4, -0.2) is 56.4 Å². The molecule has 1 fully saturated rings. The smallest absolute Gasteiger partial charge is 0.246 e. The molecular weight excluding hydrogens is 298 g/mol. The average molecular weight is 321 g/mol. The van der Waals surface area contributed by atoms with Crippen LogP contribution in [0, 0.1) is 0 Å². The van der Waals surface area contributed by atoms with Gasteiger partial charge in [-0.15, -0.1) is 0 Å². The van der Waals surface area contributed by atoms with Crippen molar-refractivity contribution in [3.63, 3.8) is 0 Å². The number of hydrogen-bond donors (Lipinski definition) is 1. The Kier molecular flexibility index (Phi) is 5.87. The van der Waals surface area contributed by atoms with Crippen LogP contribution in [-0.2, 0) is 4.79 Å². The highest BCUT2D eigenvalue weighted by Gasteiger charge is 2.20. The van der Waals surface area contributed by atoms with E-state index < -0.39 is 6.10 Å². The predicted molar refractivity (Wildman–Crippen MR) is 87.0 cm³/mol. The maximum atomic E-state index is 12.2. The van der Waals surface area contributed by atoms with Gasteiger partial charge < -0.3 is 24.2 Å². The Morgan fingerprint density at radius 1 is 1.22 bits per heavy atom. The van der Waals surface area contributed by atoms with Gasteiger partial charge >= 0.3 is 0 Å². The van der Waals surface area contributed by atoms with E-state index in [2.05, 4.69) is 0 Å². The summed E-state index contributed by atoms with van der Waals surface area (Å²) in [6, 6.07) is 3.55. The van der Waals surface area contributed by atoms with Gasteiger partial charge in [-0.3, -0.25) is 4.79 Å². The Bertz CT molecular complexity index is 559. The van der Waals surface area contributed by atoms with E-state index in [-0.39, 0.29) is 5.91 Å². The third-order valence-electron chi connectivity index (χ3n) is 3.81. The third-order valence-corrected chi connectivity index (χ3v) is 3.81. The van der Waals surface area contributed by atoms with Crippen molar-refractivity contribution in [1.82, 2.24) is 4.90 Å². The minimum Gasteiger partial charge on any atom is -0.493 e. The van der Waals surface area contributed by atoms with Gasteiger partial charge in [-0.25, -0.2) is 0 Å². The number of piperidine rings is 1. The van der Waals surface area contributed by atoms with Crippen LogP contribution in [0.2, 0.25) is 0 Å². The van der Waals surface area contributed by atoms with Gasteiger partial charge in [0.05, 0.1) is 27.4 Å². The number of likely N-dealkylation sites (tertiary alicyclic amines) is 1. The fraction of sp³-hybridized carbons (Fsp3) is 0.471. The Morgan fingerprint density at radius 3 is 2.39 bits per heavy atom. The number of rotatable bonds is 5. The van der Waals surface area contributed by atoms with Gasteiger partial charge in [0, 0.05) is 19.2 Å². The number of amides is 1. The molecule has 0 aliphatic carbocycles. The molecule has 0 bridgehead atoms. The first-order chi connectivity index (χ1) is 11.1. The van der Waals surface area contributed by atoms with Crippen molar-refractivity contribution in [2.75, 3.05) is 34.4 Å². The molecule has 23 heavy (non-hydrogen) atoms. The van der Waals surface area contributed by atoms with Crippen molar-refractivity contribution in [2.45, 2.75) is 18.9 Å². The lowest BCUT2D eigenvalue weighted by Gasteiger charge is -2.29. The van der Waals surface area contributed by atoms with Crippen molar-refractivity contribution in [1.29, 1.82) is 0 Å². The van der Waals surface area contributed by atoms with E-state index in [0.717, 1.165) is 18.4 Å². The molecule has 6 nitrogen and oxygen atoms in total. The van der Waals surface area contributed by atoms with E-state index in [1.807, 2.05) is 0 Å². The van der Waals surface area contributed by atoms with Crippen molar-refractivity contribution in [3.8, 4) is 17.2 Å². The summed E-state index contributed by atoms with van der Waals surface area (Å²) >= 11 is 0. The molecular formula is C17H23NO5. The van der Waals surface area contributed by atoms with E-state index in [1.54, 1.807) is 44.4 Å². The highest BCUT2D eigenvalue weighted by atomic mass is 16.5. The fourth-order valence-corrected chi connectivity index (χ4v) is 2.63. The number of nitrogens with zero attached hydrogens (tertiary/aromatic N) is 1. The molecule has 6 heteroatoms. The molecule has 1 heterocycles. The molecule has 1 N–H and O–H groups in total. The van der Waals surface area contributed by atoms with Crippen LogP contribution >= 0.6 is 0 Å². The molecule has 1 saturated heterocycles. The minimum absolute atomic E-state index is 0.113. The molecule has 1 aromatic carbocycles. The predicted octanol–water partition coefficient (Wildman–Crippen LogP) is 1.71. The van der Waals surface area contributed by atoms with Crippen molar-refractivity contribution >= 4 is 12.0 Å². The first-order valence-corrected chi connectivity index (χ1v) is 7.54. The van der Waals surface area contributed by atoms with E-state index in [1.165, 1.54) is 6.08 Å². The Morgan fingerprint density at radius 2 is 1.87 bits per heavy atom. The van der Waals surface area contributed by atoms with Crippen LogP contribution in [0.5, 0.6) is 17.2 Å². The molecule has 2 rings (SSSR count). The third kappa shape index (κ3) is 4.16. The highest BCUT2D eigenvalue weighted by molar-refractivity contribution is 5.92. The largest absolute Gasteiger partial charge is 0.493 e. The van der Waals surface area contributed by atoms with E-state index >= 15 is 0 Å². The second kappa shape index (κ2) is 7.87. The summed E-state index contributed by atoms with van der Waals surface area (Å²) in [6.45, 7) is 1.06. The number of methoxy groups -OCH3 is 3. The molecule has 126 valence electrons. The quantitative estimate of drug-likeness (QED) is 0.836. The second-order valence-electron chi connectivity index (χ2n) is 5.37. The molecule has 1 unspecified atom stereocenters. The SMILES string of the molecule is COc1cc(C=CC(=O)N2CCCC(O)C2)cc(OC)c1OC. The summed E-state index contributed by atoms with van der Waals surface area (Å²) in [5, 5.41) is 9.64. The zero-order valence-corrected chi connectivity index (χ0v) is 13.7. The summed E-state index contributed by atoms with van der Waals surface area (Å²) in [6.07, 6.45) is 4.35. The van der Waals surface area contributed by atoms with E-state index in [9.17, 15) is 9.90 Å². The minimum atomic E-state index is -0.428. The number of carbonyl (C=O) groups is 1. The monoisotopic (exact) mass is 321 g/mol. The number of carbonyl (C=O) groups excluding carboxylic acids is 1. The fourth-order valence-electron chi connectivity index (χ4n) is 2.63. The maximum absolute atomic E-state index is 12.2. The summed E-state index contributed by atoms with van der Waals surface area (Å²) < 4.78 is 15.8. The van der Waals surface area contributed by atoms with Crippen molar-refractivity contribution in [3.05, 3.63) is 23.8 Å². The van der Waals surface area contributed by atoms with Gasteiger partial charge in [0.15, 0.2) is 11.5 Å².